The molecule has 3 unspecified atom stereocenters. The van der Waals surface area contributed by atoms with E-state index in [4.69, 9.17) is 14.2 Å². The summed E-state index contributed by atoms with van der Waals surface area (Å²) in [6.45, 7) is -0.529. The Labute approximate surface area is 265 Å². The normalized spacial score (nSPS) is 18.9. The van der Waals surface area contributed by atoms with Crippen LogP contribution in [0.4, 0.5) is 5.69 Å². The number of rotatable bonds is 9. The second-order valence-corrected chi connectivity index (χ2v) is 11.3. The van der Waals surface area contributed by atoms with Gasteiger partial charge in [-0.2, -0.15) is 0 Å². The number of Topliss-reactive ketones (excluding diaryl/α,β-unsaturated/α-hetero) is 1. The van der Waals surface area contributed by atoms with Crippen LogP contribution in [0.5, 0.6) is 11.5 Å². The first kappa shape index (κ1) is 30.5. The molecular weight excluding hydrogens is 586 g/mol. The van der Waals surface area contributed by atoms with E-state index in [1.807, 2.05) is 18.2 Å². The predicted octanol–water partition coefficient (Wildman–Crippen LogP) is 6.03. The van der Waals surface area contributed by atoms with Gasteiger partial charge in [0.05, 0.1) is 35.8 Å². The lowest BCUT2D eigenvalue weighted by atomic mass is 9.73. The summed E-state index contributed by atoms with van der Waals surface area (Å²) >= 11 is 0. The number of hydrogen-bond donors (Lipinski definition) is 0. The van der Waals surface area contributed by atoms with Crippen LogP contribution in [-0.4, -0.2) is 43.3 Å². The highest BCUT2D eigenvalue weighted by molar-refractivity contribution is 6.22. The number of anilines is 1. The topological polar surface area (TPSA) is 116 Å². The monoisotopic (exact) mass is 617 g/mol. The summed E-state index contributed by atoms with van der Waals surface area (Å²) in [5.74, 6) is -2.13. The molecule has 0 bridgehead atoms. The molecule has 46 heavy (non-hydrogen) atoms. The van der Waals surface area contributed by atoms with Gasteiger partial charge in [0.15, 0.2) is 12.4 Å². The Morgan fingerprint density at radius 3 is 2.13 bits per heavy atom. The number of amides is 2. The Hall–Kier alpha value is -5.57. The molecular formula is C37H31NO8. The number of nitrogens with zero attached hydrogens (tertiary/aromatic N) is 1. The van der Waals surface area contributed by atoms with Crippen molar-refractivity contribution in [3.8, 4) is 11.5 Å². The number of esters is 2. The van der Waals surface area contributed by atoms with E-state index < -0.39 is 30.2 Å². The molecule has 6 rings (SSSR count). The maximum absolute atomic E-state index is 13.5. The number of methoxy groups -OCH3 is 1. The number of ketones is 1. The van der Waals surface area contributed by atoms with Crippen LogP contribution >= 0.6 is 0 Å². The van der Waals surface area contributed by atoms with E-state index in [9.17, 15) is 24.0 Å². The smallest absolute Gasteiger partial charge is 0.343 e. The molecule has 1 heterocycles. The fraction of sp³-hybridized carbons (Fsp3) is 0.216. The van der Waals surface area contributed by atoms with Gasteiger partial charge in [-0.15, -0.1) is 0 Å². The van der Waals surface area contributed by atoms with Gasteiger partial charge >= 0.3 is 11.9 Å². The summed E-state index contributed by atoms with van der Waals surface area (Å²) in [6, 6.07) is 28.6. The standard InChI is InChI=1S/C37H31NO8/c1-44-30-12-6-10-27(20-30)37(43)46-29-16-13-24(14-17-29)33(39)22-45-36(42)26-9-5-11-28(19-26)38-34(40)31-18-15-25(21-32(31)35(38)41)23-7-3-2-4-8-23/h2-14,16-17,19-20,25,31-32H,15,18,21-22H2,1H3. The van der Waals surface area contributed by atoms with Crippen molar-refractivity contribution in [3.63, 3.8) is 0 Å². The Balaban J connectivity index is 1.06. The fourth-order valence-electron chi connectivity index (χ4n) is 6.16. The summed E-state index contributed by atoms with van der Waals surface area (Å²) in [5, 5.41) is 0. The summed E-state index contributed by atoms with van der Waals surface area (Å²) in [4.78, 5) is 66.1. The van der Waals surface area contributed by atoms with Crippen molar-refractivity contribution >= 4 is 35.2 Å². The molecule has 2 aliphatic rings. The number of fused-ring (bicyclic) bond motifs is 1. The van der Waals surface area contributed by atoms with Crippen LogP contribution < -0.4 is 14.4 Å². The molecule has 1 aliphatic heterocycles. The molecule has 1 saturated carbocycles. The van der Waals surface area contributed by atoms with Gasteiger partial charge < -0.3 is 14.2 Å². The van der Waals surface area contributed by atoms with Crippen LogP contribution in [0, 0.1) is 11.8 Å². The largest absolute Gasteiger partial charge is 0.497 e. The molecule has 0 aromatic heterocycles. The third-order valence-electron chi connectivity index (χ3n) is 8.56. The van der Waals surface area contributed by atoms with Gasteiger partial charge in [-0.3, -0.25) is 19.3 Å². The minimum absolute atomic E-state index is 0.114. The lowest BCUT2D eigenvalue weighted by Gasteiger charge is -2.28. The number of hydrogen-bond acceptors (Lipinski definition) is 8. The number of imide groups is 1. The van der Waals surface area contributed by atoms with Crippen LogP contribution in [-0.2, 0) is 14.3 Å². The molecule has 0 spiro atoms. The van der Waals surface area contributed by atoms with E-state index in [0.717, 1.165) is 6.42 Å². The lowest BCUT2D eigenvalue weighted by molar-refractivity contribution is -0.122. The molecule has 1 aliphatic carbocycles. The highest BCUT2D eigenvalue weighted by atomic mass is 16.5. The maximum atomic E-state index is 13.5. The minimum Gasteiger partial charge on any atom is -0.497 e. The predicted molar refractivity (Wildman–Crippen MR) is 168 cm³/mol. The molecule has 9 nitrogen and oxygen atoms in total. The van der Waals surface area contributed by atoms with Gasteiger partial charge in [-0.25, -0.2) is 9.59 Å². The zero-order valence-electron chi connectivity index (χ0n) is 25.1. The quantitative estimate of drug-likeness (QED) is 0.0968. The van der Waals surface area contributed by atoms with Gasteiger partial charge in [-0.1, -0.05) is 42.5 Å². The number of carbonyl (C=O) groups excluding carboxylic acids is 5. The molecule has 1 saturated heterocycles. The van der Waals surface area contributed by atoms with Crippen molar-refractivity contribution in [1.29, 1.82) is 0 Å². The van der Waals surface area contributed by atoms with Gasteiger partial charge in [0, 0.05) is 5.56 Å². The van der Waals surface area contributed by atoms with E-state index in [0.29, 0.717) is 29.8 Å². The zero-order valence-corrected chi connectivity index (χ0v) is 25.1. The van der Waals surface area contributed by atoms with Crippen LogP contribution in [0.1, 0.15) is 61.8 Å². The lowest BCUT2D eigenvalue weighted by Crippen LogP contribution is -2.31. The molecule has 2 fully saturated rings. The molecule has 9 heteroatoms. The van der Waals surface area contributed by atoms with Crippen molar-refractivity contribution < 1.29 is 38.2 Å². The Kier molecular flexibility index (Phi) is 8.74. The first-order valence-electron chi connectivity index (χ1n) is 15.0. The summed E-state index contributed by atoms with van der Waals surface area (Å²) in [5.41, 5.74) is 2.16. The second-order valence-electron chi connectivity index (χ2n) is 11.3. The second kappa shape index (κ2) is 13.2. The molecule has 0 N–H and O–H groups in total. The van der Waals surface area contributed by atoms with Crippen molar-refractivity contribution in [2.24, 2.45) is 11.8 Å². The van der Waals surface area contributed by atoms with Gasteiger partial charge in [0.25, 0.3) is 0 Å². The van der Waals surface area contributed by atoms with Gasteiger partial charge in [0.2, 0.25) is 11.8 Å². The molecule has 0 radical (unpaired) electrons. The molecule has 4 aromatic rings. The van der Waals surface area contributed by atoms with Crippen molar-refractivity contribution in [2.45, 2.75) is 25.2 Å². The maximum Gasteiger partial charge on any atom is 0.343 e. The highest BCUT2D eigenvalue weighted by Crippen LogP contribution is 2.45. The fourth-order valence-corrected chi connectivity index (χ4v) is 6.16. The van der Waals surface area contributed by atoms with Gasteiger partial charge in [-0.05, 0) is 91.4 Å². The third-order valence-corrected chi connectivity index (χ3v) is 8.56. The van der Waals surface area contributed by atoms with Crippen LogP contribution in [0.25, 0.3) is 0 Å². The zero-order chi connectivity index (χ0) is 32.2. The molecule has 2 amide bonds. The highest BCUT2D eigenvalue weighted by Gasteiger charge is 2.50. The average molecular weight is 618 g/mol. The van der Waals surface area contributed by atoms with E-state index in [1.165, 1.54) is 54.0 Å². The number of benzene rings is 4. The molecule has 4 aromatic carbocycles. The van der Waals surface area contributed by atoms with Crippen LogP contribution in [0.15, 0.2) is 103 Å². The van der Waals surface area contributed by atoms with E-state index >= 15 is 0 Å². The summed E-state index contributed by atoms with van der Waals surface area (Å²) in [6.07, 6.45) is 2.06. The minimum atomic E-state index is -0.764. The first-order valence-corrected chi connectivity index (χ1v) is 15.0. The van der Waals surface area contributed by atoms with E-state index in [2.05, 4.69) is 12.1 Å². The van der Waals surface area contributed by atoms with Crippen molar-refractivity contribution in [3.05, 3.63) is 125 Å². The van der Waals surface area contributed by atoms with Crippen LogP contribution in [0.2, 0.25) is 0 Å². The Morgan fingerprint density at radius 1 is 0.696 bits per heavy atom. The average Bonchev–Trinajstić information content (AvgIpc) is 3.36. The van der Waals surface area contributed by atoms with Crippen LogP contribution in [0.3, 0.4) is 0 Å². The Bertz CT molecular complexity index is 1800. The van der Waals surface area contributed by atoms with E-state index in [-0.39, 0.29) is 40.5 Å². The summed E-state index contributed by atoms with van der Waals surface area (Å²) in [7, 11) is 1.50. The molecule has 232 valence electrons. The number of ether oxygens (including phenoxy) is 3. The number of carbonyl (C=O) groups is 5. The Morgan fingerprint density at radius 2 is 1.39 bits per heavy atom. The van der Waals surface area contributed by atoms with E-state index in [1.54, 1.807) is 36.4 Å². The summed E-state index contributed by atoms with van der Waals surface area (Å²) < 4.78 is 15.8. The van der Waals surface area contributed by atoms with Crippen molar-refractivity contribution in [2.75, 3.05) is 18.6 Å². The third kappa shape index (κ3) is 6.30. The first-order chi connectivity index (χ1) is 22.3. The SMILES string of the molecule is COc1cccc(C(=O)Oc2ccc(C(=O)COC(=O)c3cccc(N4C(=O)C5CCC(c6ccccc6)CC5C4=O)c3)cc2)c1. The molecule has 3 atom stereocenters. The van der Waals surface area contributed by atoms with Crippen molar-refractivity contribution in [1.82, 2.24) is 0 Å². The van der Waals surface area contributed by atoms with Gasteiger partial charge in [0.1, 0.15) is 11.5 Å².